The molecule has 88 valence electrons. The largest absolute Gasteiger partial charge is 0.469 e. The standard InChI is InChI=1S/C13H18O2S/c1-10-7-5-6-8-11(10)16-9-13(2,3)12(14)15-4/h5-8H,9H2,1-4H3. The molecule has 0 amide bonds. The molecule has 3 heteroatoms. The molecule has 0 unspecified atom stereocenters. The van der Waals surface area contributed by atoms with Crippen molar-refractivity contribution < 1.29 is 9.53 Å². The van der Waals surface area contributed by atoms with Crippen molar-refractivity contribution in [3.05, 3.63) is 29.8 Å². The molecule has 0 heterocycles. The molecule has 0 N–H and O–H groups in total. The maximum Gasteiger partial charge on any atom is 0.312 e. The highest BCUT2D eigenvalue weighted by molar-refractivity contribution is 7.99. The molecule has 0 bridgehead atoms. The van der Waals surface area contributed by atoms with Crippen LogP contribution in [0, 0.1) is 12.3 Å². The van der Waals surface area contributed by atoms with Gasteiger partial charge in [-0.3, -0.25) is 4.79 Å². The summed E-state index contributed by atoms with van der Waals surface area (Å²) in [7, 11) is 1.43. The predicted octanol–water partition coefficient (Wildman–Crippen LogP) is 3.29. The molecule has 0 radical (unpaired) electrons. The van der Waals surface area contributed by atoms with Crippen molar-refractivity contribution >= 4 is 17.7 Å². The summed E-state index contributed by atoms with van der Waals surface area (Å²) in [4.78, 5) is 12.7. The number of carbonyl (C=O) groups excluding carboxylic acids is 1. The Morgan fingerprint density at radius 2 is 2.00 bits per heavy atom. The Balaban J connectivity index is 2.65. The minimum atomic E-state index is -0.443. The second-order valence-corrected chi connectivity index (χ2v) is 5.45. The van der Waals surface area contributed by atoms with Crippen molar-refractivity contribution in [3.8, 4) is 0 Å². The van der Waals surface area contributed by atoms with Crippen LogP contribution in [0.3, 0.4) is 0 Å². The monoisotopic (exact) mass is 238 g/mol. The summed E-state index contributed by atoms with van der Waals surface area (Å²) in [5.41, 5.74) is 0.801. The van der Waals surface area contributed by atoms with E-state index in [1.807, 2.05) is 26.0 Å². The molecule has 1 rings (SSSR count). The zero-order valence-corrected chi connectivity index (χ0v) is 11.1. The fourth-order valence-corrected chi connectivity index (χ4v) is 2.42. The summed E-state index contributed by atoms with van der Waals surface area (Å²) < 4.78 is 4.78. The number of esters is 1. The van der Waals surface area contributed by atoms with Gasteiger partial charge < -0.3 is 4.74 Å². The van der Waals surface area contributed by atoms with Crippen molar-refractivity contribution in [3.63, 3.8) is 0 Å². The molecule has 0 spiro atoms. The van der Waals surface area contributed by atoms with Crippen LogP contribution in [0.4, 0.5) is 0 Å². The van der Waals surface area contributed by atoms with E-state index in [0.29, 0.717) is 0 Å². The second-order valence-electron chi connectivity index (χ2n) is 4.43. The third kappa shape index (κ3) is 3.27. The van der Waals surface area contributed by atoms with Gasteiger partial charge in [-0.05, 0) is 32.4 Å². The Hall–Kier alpha value is -0.960. The lowest BCUT2D eigenvalue weighted by Crippen LogP contribution is -2.28. The third-order valence-corrected chi connectivity index (χ3v) is 4.06. The Labute approximate surface area is 101 Å². The van der Waals surface area contributed by atoms with Crippen LogP contribution in [0.2, 0.25) is 0 Å². The van der Waals surface area contributed by atoms with E-state index in [1.165, 1.54) is 17.6 Å². The van der Waals surface area contributed by atoms with Crippen LogP contribution in [0.1, 0.15) is 19.4 Å². The zero-order valence-electron chi connectivity index (χ0n) is 10.2. The van der Waals surface area contributed by atoms with E-state index in [2.05, 4.69) is 19.1 Å². The lowest BCUT2D eigenvalue weighted by molar-refractivity contribution is -0.149. The number of thioether (sulfide) groups is 1. The van der Waals surface area contributed by atoms with Gasteiger partial charge in [-0.1, -0.05) is 18.2 Å². The quantitative estimate of drug-likeness (QED) is 0.595. The summed E-state index contributed by atoms with van der Waals surface area (Å²) in [6.07, 6.45) is 0. The van der Waals surface area contributed by atoms with E-state index in [-0.39, 0.29) is 5.97 Å². The first-order chi connectivity index (χ1) is 7.47. The fraction of sp³-hybridized carbons (Fsp3) is 0.462. The van der Waals surface area contributed by atoms with Crippen LogP contribution < -0.4 is 0 Å². The molecule has 0 atom stereocenters. The van der Waals surface area contributed by atoms with Crippen molar-refractivity contribution in [2.24, 2.45) is 5.41 Å². The van der Waals surface area contributed by atoms with Gasteiger partial charge in [-0.25, -0.2) is 0 Å². The topological polar surface area (TPSA) is 26.3 Å². The number of aryl methyl sites for hydroxylation is 1. The smallest absolute Gasteiger partial charge is 0.312 e. The number of hydrogen-bond acceptors (Lipinski definition) is 3. The first-order valence-electron chi connectivity index (χ1n) is 5.24. The summed E-state index contributed by atoms with van der Waals surface area (Å²) >= 11 is 1.70. The molecule has 2 nitrogen and oxygen atoms in total. The molecule has 0 aliphatic rings. The van der Waals surface area contributed by atoms with Gasteiger partial charge in [-0.2, -0.15) is 0 Å². The molecule has 0 aliphatic carbocycles. The molecule has 0 fully saturated rings. The highest BCUT2D eigenvalue weighted by Crippen LogP contribution is 2.30. The van der Waals surface area contributed by atoms with Crippen LogP contribution in [0.5, 0.6) is 0 Å². The SMILES string of the molecule is COC(=O)C(C)(C)CSc1ccccc1C. The summed E-state index contributed by atoms with van der Waals surface area (Å²) in [6.45, 7) is 5.89. The van der Waals surface area contributed by atoms with Crippen molar-refractivity contribution in [2.75, 3.05) is 12.9 Å². The molecular formula is C13H18O2S. The van der Waals surface area contributed by atoms with E-state index in [4.69, 9.17) is 4.74 Å². The van der Waals surface area contributed by atoms with Gasteiger partial charge in [0.2, 0.25) is 0 Å². The molecule has 1 aromatic rings. The maximum absolute atomic E-state index is 11.5. The van der Waals surface area contributed by atoms with Gasteiger partial charge in [0.25, 0.3) is 0 Å². The van der Waals surface area contributed by atoms with Gasteiger partial charge >= 0.3 is 5.97 Å². The van der Waals surface area contributed by atoms with Gasteiger partial charge in [0.05, 0.1) is 12.5 Å². The molecular weight excluding hydrogens is 220 g/mol. The molecule has 0 aliphatic heterocycles. The second kappa shape index (κ2) is 5.39. The molecule has 0 saturated carbocycles. The minimum absolute atomic E-state index is 0.159. The van der Waals surface area contributed by atoms with Crippen LogP contribution in [-0.4, -0.2) is 18.8 Å². The van der Waals surface area contributed by atoms with E-state index in [1.54, 1.807) is 11.8 Å². The maximum atomic E-state index is 11.5. The Morgan fingerprint density at radius 1 is 1.38 bits per heavy atom. The van der Waals surface area contributed by atoms with Gasteiger partial charge in [0, 0.05) is 10.6 Å². The first-order valence-corrected chi connectivity index (χ1v) is 6.23. The number of ether oxygens (including phenoxy) is 1. The van der Waals surface area contributed by atoms with Crippen LogP contribution >= 0.6 is 11.8 Å². The molecule has 1 aromatic carbocycles. The minimum Gasteiger partial charge on any atom is -0.469 e. The highest BCUT2D eigenvalue weighted by Gasteiger charge is 2.28. The average Bonchev–Trinajstić information content (AvgIpc) is 2.27. The van der Waals surface area contributed by atoms with Gasteiger partial charge in [0.15, 0.2) is 0 Å². The number of rotatable bonds is 4. The van der Waals surface area contributed by atoms with Crippen molar-refractivity contribution in [2.45, 2.75) is 25.7 Å². The lowest BCUT2D eigenvalue weighted by atomic mass is 9.97. The van der Waals surface area contributed by atoms with Crippen LogP contribution in [-0.2, 0) is 9.53 Å². The fourth-order valence-electron chi connectivity index (χ4n) is 1.31. The Bertz CT molecular complexity index is 372. The number of methoxy groups -OCH3 is 1. The van der Waals surface area contributed by atoms with Crippen LogP contribution in [0.25, 0.3) is 0 Å². The summed E-state index contributed by atoms with van der Waals surface area (Å²) in [5.74, 6) is 0.568. The average molecular weight is 238 g/mol. The Morgan fingerprint density at radius 3 is 2.56 bits per heavy atom. The number of carbonyl (C=O) groups is 1. The van der Waals surface area contributed by atoms with E-state index in [0.717, 1.165) is 5.75 Å². The van der Waals surface area contributed by atoms with E-state index < -0.39 is 5.41 Å². The third-order valence-electron chi connectivity index (χ3n) is 2.42. The van der Waals surface area contributed by atoms with E-state index in [9.17, 15) is 4.79 Å². The molecule has 0 saturated heterocycles. The highest BCUT2D eigenvalue weighted by atomic mass is 32.2. The van der Waals surface area contributed by atoms with Gasteiger partial charge in [-0.15, -0.1) is 11.8 Å². The van der Waals surface area contributed by atoms with Crippen molar-refractivity contribution in [1.29, 1.82) is 0 Å². The lowest BCUT2D eigenvalue weighted by Gasteiger charge is -2.21. The molecule has 0 aromatic heterocycles. The number of hydrogen-bond donors (Lipinski definition) is 0. The summed E-state index contributed by atoms with van der Waals surface area (Å²) in [5, 5.41) is 0. The summed E-state index contributed by atoms with van der Waals surface area (Å²) in [6, 6.07) is 8.19. The normalized spacial score (nSPS) is 11.2. The van der Waals surface area contributed by atoms with E-state index >= 15 is 0 Å². The predicted molar refractivity (Wildman–Crippen MR) is 67.7 cm³/mol. The zero-order chi connectivity index (χ0) is 12.2. The van der Waals surface area contributed by atoms with Crippen molar-refractivity contribution in [1.82, 2.24) is 0 Å². The Kier molecular flexibility index (Phi) is 4.42. The number of benzene rings is 1. The first kappa shape index (κ1) is 13.1. The molecule has 16 heavy (non-hydrogen) atoms. The van der Waals surface area contributed by atoms with Crippen LogP contribution in [0.15, 0.2) is 29.2 Å². The van der Waals surface area contributed by atoms with Gasteiger partial charge in [0.1, 0.15) is 0 Å².